The molecule has 0 amide bonds. The molecule has 1 N–H and O–H groups in total. The lowest BCUT2D eigenvalue weighted by Crippen LogP contribution is -2.25. The first-order chi connectivity index (χ1) is 15.5. The molecule has 1 aromatic heterocycles. The predicted molar refractivity (Wildman–Crippen MR) is 122 cm³/mol. The van der Waals surface area contributed by atoms with Crippen LogP contribution < -0.4 is 14.1 Å². The Bertz CT molecular complexity index is 1110. The van der Waals surface area contributed by atoms with Gasteiger partial charge < -0.3 is 18.1 Å². The van der Waals surface area contributed by atoms with E-state index in [1.807, 2.05) is 24.3 Å². The number of rotatable bonds is 8. The van der Waals surface area contributed by atoms with E-state index in [0.29, 0.717) is 17.1 Å². The van der Waals surface area contributed by atoms with Crippen LogP contribution in [0.4, 0.5) is 0 Å². The Hall–Kier alpha value is -2.47. The van der Waals surface area contributed by atoms with Crippen molar-refractivity contribution in [3.8, 4) is 22.6 Å². The van der Waals surface area contributed by atoms with E-state index in [0.717, 1.165) is 11.1 Å². The quantitative estimate of drug-likeness (QED) is 0.387. The summed E-state index contributed by atoms with van der Waals surface area (Å²) in [5.74, 6) is -0.359. The van der Waals surface area contributed by atoms with Crippen molar-refractivity contribution in [2.75, 3.05) is 13.2 Å². The molecule has 0 bridgehead atoms. The maximum absolute atomic E-state index is 14.0. The van der Waals surface area contributed by atoms with E-state index in [9.17, 15) is 9.13 Å². The van der Waals surface area contributed by atoms with Crippen LogP contribution in [-0.2, 0) is 18.2 Å². The van der Waals surface area contributed by atoms with Gasteiger partial charge in [-0.15, -0.1) is 0 Å². The average molecular weight is 474 g/mol. The maximum atomic E-state index is 14.0. The van der Waals surface area contributed by atoms with Crippen molar-refractivity contribution >= 4 is 15.3 Å². The lowest BCUT2D eigenvalue weighted by Gasteiger charge is -2.29. The van der Waals surface area contributed by atoms with Crippen LogP contribution in [0.2, 0.25) is 0 Å². The van der Waals surface area contributed by atoms with Gasteiger partial charge in [-0.3, -0.25) is 9.55 Å². The van der Waals surface area contributed by atoms with Gasteiger partial charge in [0.15, 0.2) is 0 Å². The van der Waals surface area contributed by atoms with Gasteiger partial charge in [-0.05, 0) is 43.7 Å². The van der Waals surface area contributed by atoms with Crippen LogP contribution in [0.15, 0.2) is 73.1 Å². The van der Waals surface area contributed by atoms with Gasteiger partial charge in [0, 0.05) is 23.5 Å². The Balaban J connectivity index is 1.80. The van der Waals surface area contributed by atoms with E-state index in [1.54, 1.807) is 62.6 Å². The van der Waals surface area contributed by atoms with E-state index < -0.39 is 21.1 Å². The van der Waals surface area contributed by atoms with E-state index in [-0.39, 0.29) is 13.2 Å². The summed E-state index contributed by atoms with van der Waals surface area (Å²) in [6.45, 7) is 3.70. The molecule has 2 heterocycles. The molecule has 0 spiro atoms. The van der Waals surface area contributed by atoms with Crippen molar-refractivity contribution in [2.45, 2.75) is 19.6 Å². The second kappa shape index (κ2) is 9.57. The molecule has 2 aromatic carbocycles. The SMILES string of the molecule is CCOP(=O)(OCC)C(NP1(=O)Oc2ccccc2-c2ccccc2O1)c1ccncc1. The van der Waals surface area contributed by atoms with Gasteiger partial charge in [-0.1, -0.05) is 36.4 Å². The number of aromatic nitrogens is 1. The molecule has 4 rings (SSSR count). The molecular formula is C22H24N2O6P2. The lowest BCUT2D eigenvalue weighted by atomic mass is 10.0. The molecule has 8 nitrogen and oxygen atoms in total. The second-order valence-corrected chi connectivity index (χ2v) is 10.6. The first kappa shape index (κ1) is 22.7. The monoisotopic (exact) mass is 474 g/mol. The lowest BCUT2D eigenvalue weighted by molar-refractivity contribution is 0.208. The van der Waals surface area contributed by atoms with E-state index in [4.69, 9.17) is 18.1 Å². The number of pyridine rings is 1. The van der Waals surface area contributed by atoms with E-state index >= 15 is 0 Å². The number of nitrogens with one attached hydrogen (secondary N) is 1. The highest BCUT2D eigenvalue weighted by Gasteiger charge is 2.45. The molecule has 1 atom stereocenters. The number of nitrogens with zero attached hydrogens (tertiary/aromatic N) is 1. The van der Waals surface area contributed by atoms with Crippen LogP contribution in [-0.4, -0.2) is 18.2 Å². The molecule has 32 heavy (non-hydrogen) atoms. The van der Waals surface area contributed by atoms with Crippen molar-refractivity contribution < 1.29 is 27.2 Å². The van der Waals surface area contributed by atoms with Gasteiger partial charge in [-0.25, -0.2) is 4.57 Å². The minimum atomic E-state index is -4.09. The Morgan fingerprint density at radius 3 is 1.91 bits per heavy atom. The van der Waals surface area contributed by atoms with Crippen molar-refractivity contribution in [3.63, 3.8) is 0 Å². The van der Waals surface area contributed by atoms with Crippen LogP contribution in [0.25, 0.3) is 11.1 Å². The van der Waals surface area contributed by atoms with E-state index in [1.165, 1.54) is 0 Å². The molecule has 0 fully saturated rings. The Morgan fingerprint density at radius 2 is 1.41 bits per heavy atom. The molecule has 168 valence electrons. The zero-order chi connectivity index (χ0) is 22.6. The maximum Gasteiger partial charge on any atom is 0.514 e. The summed E-state index contributed by atoms with van der Waals surface area (Å²) in [5, 5.41) is 2.85. The summed E-state index contributed by atoms with van der Waals surface area (Å²) in [6.07, 6.45) is 3.09. The van der Waals surface area contributed by atoms with E-state index in [2.05, 4.69) is 10.1 Å². The van der Waals surface area contributed by atoms with Crippen LogP contribution in [0.1, 0.15) is 25.2 Å². The summed E-state index contributed by atoms with van der Waals surface area (Å²) in [5.41, 5.74) is 1.99. The summed E-state index contributed by atoms with van der Waals surface area (Å²) >= 11 is 0. The summed E-state index contributed by atoms with van der Waals surface area (Å²) < 4.78 is 50.7. The summed E-state index contributed by atoms with van der Waals surface area (Å²) in [7, 11) is -7.90. The van der Waals surface area contributed by atoms with Gasteiger partial charge in [0.05, 0.1) is 13.2 Å². The van der Waals surface area contributed by atoms with Crippen molar-refractivity contribution in [3.05, 3.63) is 78.6 Å². The number of hydrogen-bond acceptors (Lipinski definition) is 7. The molecule has 0 aliphatic carbocycles. The van der Waals surface area contributed by atoms with Gasteiger partial charge in [0.1, 0.15) is 17.3 Å². The molecule has 1 aliphatic heterocycles. The van der Waals surface area contributed by atoms with Crippen molar-refractivity contribution in [2.24, 2.45) is 0 Å². The van der Waals surface area contributed by atoms with Gasteiger partial charge in [0.25, 0.3) is 0 Å². The molecule has 0 saturated carbocycles. The minimum absolute atomic E-state index is 0.137. The standard InChI is InChI=1S/C22H24N2O6P2/c1-3-27-31(25,28-4-2)22(17-13-15-23-16-14-17)24-32(26)29-20-11-7-5-9-18(20)19-10-6-8-12-21(19)30-32/h5-16,22H,3-4H2,1-2H3,(H,24,26). The van der Waals surface area contributed by atoms with Crippen molar-refractivity contribution in [1.29, 1.82) is 0 Å². The number of para-hydroxylation sites is 2. The fraction of sp³-hybridized carbons (Fsp3) is 0.227. The highest BCUT2D eigenvalue weighted by atomic mass is 31.2. The minimum Gasteiger partial charge on any atom is -0.404 e. The fourth-order valence-electron chi connectivity index (χ4n) is 3.44. The molecule has 1 aliphatic rings. The van der Waals surface area contributed by atoms with Crippen molar-refractivity contribution in [1.82, 2.24) is 10.1 Å². The molecule has 3 aromatic rings. The summed E-state index contributed by atoms with van der Waals surface area (Å²) in [4.78, 5) is 4.01. The van der Waals surface area contributed by atoms with Gasteiger partial charge in [0.2, 0.25) is 0 Å². The number of hydrogen-bond donors (Lipinski definition) is 1. The Labute approximate surface area is 187 Å². The predicted octanol–water partition coefficient (Wildman–Crippen LogP) is 6.18. The number of fused-ring (bicyclic) bond motifs is 3. The van der Waals surface area contributed by atoms with Crippen LogP contribution in [0, 0.1) is 0 Å². The molecule has 1 unspecified atom stereocenters. The van der Waals surface area contributed by atoms with Gasteiger partial charge >= 0.3 is 15.3 Å². The normalized spacial score (nSPS) is 15.4. The van der Waals surface area contributed by atoms with Crippen LogP contribution >= 0.6 is 15.3 Å². The highest BCUT2D eigenvalue weighted by molar-refractivity contribution is 7.57. The number of benzene rings is 2. The zero-order valence-electron chi connectivity index (χ0n) is 17.7. The first-order valence-corrected chi connectivity index (χ1v) is 13.4. The highest BCUT2D eigenvalue weighted by Crippen LogP contribution is 2.64. The third kappa shape index (κ3) is 4.65. The first-order valence-electron chi connectivity index (χ1n) is 10.2. The fourth-order valence-corrected chi connectivity index (χ4v) is 7.48. The zero-order valence-corrected chi connectivity index (χ0v) is 19.5. The third-order valence-corrected chi connectivity index (χ3v) is 8.69. The average Bonchev–Trinajstić information content (AvgIpc) is 2.92. The molecule has 10 heteroatoms. The second-order valence-electron chi connectivity index (χ2n) is 6.86. The Morgan fingerprint density at radius 1 is 0.906 bits per heavy atom. The molecular weight excluding hydrogens is 450 g/mol. The smallest absolute Gasteiger partial charge is 0.404 e. The molecule has 0 saturated heterocycles. The largest absolute Gasteiger partial charge is 0.514 e. The Kier molecular flexibility index (Phi) is 6.79. The van der Waals surface area contributed by atoms with Crippen LogP contribution in [0.3, 0.4) is 0 Å². The van der Waals surface area contributed by atoms with Gasteiger partial charge in [-0.2, -0.15) is 5.09 Å². The topological polar surface area (TPSA) is 96.0 Å². The third-order valence-electron chi connectivity index (χ3n) is 4.74. The molecule has 0 radical (unpaired) electrons. The summed E-state index contributed by atoms with van der Waals surface area (Å²) in [6, 6.07) is 17.7. The van der Waals surface area contributed by atoms with Crippen LogP contribution in [0.5, 0.6) is 11.5 Å².